The third-order valence-electron chi connectivity index (χ3n) is 1.32. The van der Waals surface area contributed by atoms with Gasteiger partial charge in [-0.2, -0.15) is 0 Å². The zero-order valence-corrected chi connectivity index (χ0v) is 6.81. The molecule has 0 atom stereocenters. The summed E-state index contributed by atoms with van der Waals surface area (Å²) in [6.07, 6.45) is 6.84. The molecule has 60 valence electrons. The highest BCUT2D eigenvalue weighted by molar-refractivity contribution is 5.25. The molecule has 0 aliphatic heterocycles. The first kappa shape index (κ1) is 9.89. The summed E-state index contributed by atoms with van der Waals surface area (Å²) >= 11 is 0. The van der Waals surface area contributed by atoms with Gasteiger partial charge in [0.1, 0.15) is 5.83 Å². The molecule has 0 fully saturated rings. The lowest BCUT2D eigenvalue weighted by Crippen LogP contribution is -1.71. The molecule has 0 rings (SSSR count). The summed E-state index contributed by atoms with van der Waals surface area (Å²) < 4.78 is 12.4. The lowest BCUT2D eigenvalue weighted by atomic mass is 10.2. The van der Waals surface area contributed by atoms with E-state index < -0.39 is 0 Å². The molecule has 0 heterocycles. The maximum Gasteiger partial charge on any atom is 0.122 e. The van der Waals surface area contributed by atoms with Gasteiger partial charge in [-0.25, -0.2) is 4.39 Å². The maximum absolute atomic E-state index is 12.4. The average molecular weight is 152 g/mol. The highest BCUT2D eigenvalue weighted by Crippen LogP contribution is 2.04. The number of rotatable bonds is 4. The van der Waals surface area contributed by atoms with Gasteiger partial charge in [-0.15, -0.1) is 0 Å². The topological polar surface area (TPSA) is 0 Å². The standard InChI is InChI=1S/C10H13F/c1-4-9(5-2)7-8-10(11)6-3/h4,6-8H,1,3,5H2,2H3/b9-7-,10-8+. The van der Waals surface area contributed by atoms with Crippen LogP contribution < -0.4 is 0 Å². The molecule has 0 aromatic heterocycles. The minimum atomic E-state index is -0.321. The van der Waals surface area contributed by atoms with Crippen molar-refractivity contribution in [2.45, 2.75) is 13.3 Å². The molecule has 0 spiro atoms. The Kier molecular flexibility index (Phi) is 5.09. The normalized spacial score (nSPS) is 12.9. The summed E-state index contributed by atoms with van der Waals surface area (Å²) in [5.74, 6) is -0.321. The minimum absolute atomic E-state index is 0.321. The Morgan fingerprint density at radius 1 is 1.27 bits per heavy atom. The summed E-state index contributed by atoms with van der Waals surface area (Å²) in [7, 11) is 0. The van der Waals surface area contributed by atoms with Gasteiger partial charge in [-0.05, 0) is 24.1 Å². The van der Waals surface area contributed by atoms with E-state index in [0.29, 0.717) is 0 Å². The molecule has 0 saturated heterocycles. The Bertz CT molecular complexity index is 197. The molecule has 0 aromatic rings. The van der Waals surface area contributed by atoms with Crippen molar-refractivity contribution < 1.29 is 4.39 Å². The zero-order valence-electron chi connectivity index (χ0n) is 6.81. The summed E-state index contributed by atoms with van der Waals surface area (Å²) in [6.45, 7) is 8.87. The SMILES string of the molecule is C=C/C(F)=C\C=C(\C=C)CC. The Balaban J connectivity index is 4.28. The monoisotopic (exact) mass is 152 g/mol. The van der Waals surface area contributed by atoms with Gasteiger partial charge in [-0.3, -0.25) is 0 Å². The molecule has 1 heteroatoms. The van der Waals surface area contributed by atoms with Gasteiger partial charge < -0.3 is 0 Å². The first-order valence-electron chi connectivity index (χ1n) is 3.55. The molecular weight excluding hydrogens is 139 g/mol. The Morgan fingerprint density at radius 3 is 2.27 bits per heavy atom. The second kappa shape index (κ2) is 5.66. The van der Waals surface area contributed by atoms with Crippen LogP contribution in [0, 0.1) is 0 Å². The van der Waals surface area contributed by atoms with Crippen LogP contribution in [0.1, 0.15) is 13.3 Å². The fraction of sp³-hybridized carbons (Fsp3) is 0.200. The molecule has 0 saturated carbocycles. The third kappa shape index (κ3) is 4.31. The predicted octanol–water partition coefficient (Wildman–Crippen LogP) is 3.55. The van der Waals surface area contributed by atoms with Gasteiger partial charge in [0, 0.05) is 0 Å². The van der Waals surface area contributed by atoms with Gasteiger partial charge in [-0.1, -0.05) is 32.2 Å². The number of hydrogen-bond acceptors (Lipinski definition) is 0. The van der Waals surface area contributed by atoms with Gasteiger partial charge in [0.05, 0.1) is 0 Å². The maximum atomic E-state index is 12.4. The Morgan fingerprint density at radius 2 is 1.91 bits per heavy atom. The highest BCUT2D eigenvalue weighted by Gasteiger charge is 1.84. The summed E-state index contributed by atoms with van der Waals surface area (Å²) in [6, 6.07) is 0. The summed E-state index contributed by atoms with van der Waals surface area (Å²) in [4.78, 5) is 0. The predicted molar refractivity (Wildman–Crippen MR) is 48.0 cm³/mol. The van der Waals surface area contributed by atoms with E-state index in [1.54, 1.807) is 12.2 Å². The fourth-order valence-corrected chi connectivity index (χ4v) is 0.585. The number of halogens is 1. The van der Waals surface area contributed by atoms with Crippen molar-refractivity contribution in [3.05, 3.63) is 48.9 Å². The van der Waals surface area contributed by atoms with Crippen LogP contribution in [0.2, 0.25) is 0 Å². The molecule has 0 amide bonds. The summed E-state index contributed by atoms with van der Waals surface area (Å²) in [5, 5.41) is 0. The van der Waals surface area contributed by atoms with E-state index in [-0.39, 0.29) is 5.83 Å². The van der Waals surface area contributed by atoms with Crippen molar-refractivity contribution in [1.82, 2.24) is 0 Å². The van der Waals surface area contributed by atoms with Crippen LogP contribution >= 0.6 is 0 Å². The van der Waals surface area contributed by atoms with Crippen LogP contribution in [0.5, 0.6) is 0 Å². The minimum Gasteiger partial charge on any atom is -0.207 e. The van der Waals surface area contributed by atoms with E-state index in [1.807, 2.05) is 6.92 Å². The molecule has 11 heavy (non-hydrogen) atoms. The molecule has 0 radical (unpaired) electrons. The second-order valence-electron chi connectivity index (χ2n) is 2.05. The second-order valence-corrected chi connectivity index (χ2v) is 2.05. The smallest absolute Gasteiger partial charge is 0.122 e. The van der Waals surface area contributed by atoms with Crippen LogP contribution in [0.3, 0.4) is 0 Å². The van der Waals surface area contributed by atoms with Crippen molar-refractivity contribution in [1.29, 1.82) is 0 Å². The van der Waals surface area contributed by atoms with E-state index in [9.17, 15) is 4.39 Å². The molecule has 0 nitrogen and oxygen atoms in total. The molecular formula is C10H13F. The Labute approximate surface area is 67.4 Å². The van der Waals surface area contributed by atoms with E-state index in [4.69, 9.17) is 0 Å². The lowest BCUT2D eigenvalue weighted by molar-refractivity contribution is 0.667. The molecule has 0 aliphatic rings. The quantitative estimate of drug-likeness (QED) is 0.540. The molecule has 0 unspecified atom stereocenters. The van der Waals surface area contributed by atoms with Gasteiger partial charge >= 0.3 is 0 Å². The highest BCUT2D eigenvalue weighted by atomic mass is 19.1. The molecule has 0 aromatic carbocycles. The van der Waals surface area contributed by atoms with Gasteiger partial charge in [0.2, 0.25) is 0 Å². The molecule has 0 bridgehead atoms. The van der Waals surface area contributed by atoms with Crippen molar-refractivity contribution in [2.75, 3.05) is 0 Å². The zero-order chi connectivity index (χ0) is 8.69. The van der Waals surface area contributed by atoms with Gasteiger partial charge in [0.25, 0.3) is 0 Å². The van der Waals surface area contributed by atoms with Crippen molar-refractivity contribution >= 4 is 0 Å². The summed E-state index contributed by atoms with van der Waals surface area (Å²) in [5.41, 5.74) is 1.02. The van der Waals surface area contributed by atoms with Crippen LogP contribution in [0.4, 0.5) is 4.39 Å². The lowest BCUT2D eigenvalue weighted by Gasteiger charge is -1.91. The van der Waals surface area contributed by atoms with Crippen molar-refractivity contribution in [3.63, 3.8) is 0 Å². The van der Waals surface area contributed by atoms with E-state index >= 15 is 0 Å². The average Bonchev–Trinajstić information content (AvgIpc) is 2.06. The first-order chi connectivity index (χ1) is 5.24. The molecule has 0 N–H and O–H groups in total. The van der Waals surface area contributed by atoms with Crippen LogP contribution in [-0.2, 0) is 0 Å². The van der Waals surface area contributed by atoms with Crippen LogP contribution in [0.25, 0.3) is 0 Å². The third-order valence-corrected chi connectivity index (χ3v) is 1.32. The number of allylic oxidation sites excluding steroid dienone is 6. The first-order valence-corrected chi connectivity index (χ1v) is 3.55. The molecule has 0 aliphatic carbocycles. The van der Waals surface area contributed by atoms with E-state index in [0.717, 1.165) is 12.0 Å². The van der Waals surface area contributed by atoms with Gasteiger partial charge in [0.15, 0.2) is 0 Å². The van der Waals surface area contributed by atoms with Crippen molar-refractivity contribution in [3.8, 4) is 0 Å². The van der Waals surface area contributed by atoms with E-state index in [1.165, 1.54) is 12.2 Å². The number of hydrogen-bond donors (Lipinski definition) is 0. The van der Waals surface area contributed by atoms with E-state index in [2.05, 4.69) is 13.2 Å². The van der Waals surface area contributed by atoms with Crippen LogP contribution in [-0.4, -0.2) is 0 Å². The van der Waals surface area contributed by atoms with Crippen molar-refractivity contribution in [2.24, 2.45) is 0 Å². The van der Waals surface area contributed by atoms with Crippen LogP contribution in [0.15, 0.2) is 48.9 Å². The largest absolute Gasteiger partial charge is 0.207 e. The Hall–Kier alpha value is -1.11. The fourth-order valence-electron chi connectivity index (χ4n) is 0.585.